The number of amides is 2. The summed E-state index contributed by atoms with van der Waals surface area (Å²) in [6, 6.07) is -0.293. The Labute approximate surface area is 101 Å². The Bertz CT molecular complexity index is 283. The molecule has 0 bridgehead atoms. The third-order valence-corrected chi connectivity index (χ3v) is 3.07. The minimum atomic E-state index is -0.775. The quantitative estimate of drug-likeness (QED) is 0.660. The van der Waals surface area contributed by atoms with Crippen molar-refractivity contribution in [3.05, 3.63) is 0 Å². The van der Waals surface area contributed by atoms with Crippen LogP contribution in [-0.2, 0) is 9.53 Å². The SMILES string of the molecule is COC(C)CNC(=O)NC1CCC(C(=O)O)C1. The molecule has 6 nitrogen and oxygen atoms in total. The van der Waals surface area contributed by atoms with Crippen molar-refractivity contribution in [3.8, 4) is 0 Å². The van der Waals surface area contributed by atoms with Gasteiger partial charge in [0.05, 0.1) is 12.0 Å². The maximum absolute atomic E-state index is 11.5. The molecule has 2 amide bonds. The van der Waals surface area contributed by atoms with Gasteiger partial charge in [0.1, 0.15) is 0 Å². The molecule has 0 radical (unpaired) electrons. The van der Waals surface area contributed by atoms with Gasteiger partial charge in [0, 0.05) is 19.7 Å². The van der Waals surface area contributed by atoms with E-state index >= 15 is 0 Å². The van der Waals surface area contributed by atoms with Gasteiger partial charge in [0.25, 0.3) is 0 Å². The molecule has 1 aliphatic carbocycles. The highest BCUT2D eigenvalue weighted by atomic mass is 16.5. The van der Waals surface area contributed by atoms with Crippen LogP contribution < -0.4 is 10.6 Å². The number of rotatable bonds is 5. The van der Waals surface area contributed by atoms with Crippen LogP contribution in [0.25, 0.3) is 0 Å². The highest BCUT2D eigenvalue weighted by Crippen LogP contribution is 2.25. The summed E-state index contributed by atoms with van der Waals surface area (Å²) < 4.78 is 5.00. The second kappa shape index (κ2) is 6.44. The number of hydrogen-bond acceptors (Lipinski definition) is 3. The number of nitrogens with one attached hydrogen (secondary N) is 2. The molecule has 0 heterocycles. The molecule has 6 heteroatoms. The second-order valence-corrected chi connectivity index (χ2v) is 4.45. The average molecular weight is 244 g/mol. The number of methoxy groups -OCH3 is 1. The van der Waals surface area contributed by atoms with Gasteiger partial charge < -0.3 is 20.5 Å². The van der Waals surface area contributed by atoms with Crippen molar-refractivity contribution >= 4 is 12.0 Å². The number of ether oxygens (including phenoxy) is 1. The highest BCUT2D eigenvalue weighted by molar-refractivity contribution is 5.75. The summed E-state index contributed by atoms with van der Waals surface area (Å²) in [7, 11) is 1.58. The van der Waals surface area contributed by atoms with Crippen LogP contribution in [0.4, 0.5) is 4.79 Å². The first-order valence-electron chi connectivity index (χ1n) is 5.83. The molecule has 0 spiro atoms. The molecule has 0 aliphatic heterocycles. The van der Waals surface area contributed by atoms with E-state index in [0.717, 1.165) is 6.42 Å². The third-order valence-electron chi connectivity index (χ3n) is 3.07. The number of carbonyl (C=O) groups excluding carboxylic acids is 1. The topological polar surface area (TPSA) is 87.7 Å². The number of aliphatic carboxylic acids is 1. The molecule has 17 heavy (non-hydrogen) atoms. The summed E-state index contributed by atoms with van der Waals surface area (Å²) in [5.41, 5.74) is 0. The van der Waals surface area contributed by atoms with E-state index in [4.69, 9.17) is 9.84 Å². The Kier molecular flexibility index (Phi) is 5.21. The van der Waals surface area contributed by atoms with Crippen LogP contribution in [0.3, 0.4) is 0 Å². The third kappa shape index (κ3) is 4.60. The molecular formula is C11H20N2O4. The first-order chi connectivity index (χ1) is 8.02. The zero-order valence-electron chi connectivity index (χ0n) is 10.2. The molecule has 0 saturated heterocycles. The van der Waals surface area contributed by atoms with Crippen molar-refractivity contribution in [1.82, 2.24) is 10.6 Å². The van der Waals surface area contributed by atoms with Crippen molar-refractivity contribution in [2.75, 3.05) is 13.7 Å². The van der Waals surface area contributed by atoms with Crippen molar-refractivity contribution in [2.45, 2.75) is 38.3 Å². The van der Waals surface area contributed by atoms with Gasteiger partial charge in [-0.1, -0.05) is 0 Å². The molecule has 0 aromatic rings. The lowest BCUT2D eigenvalue weighted by atomic mass is 10.1. The number of hydrogen-bond donors (Lipinski definition) is 3. The van der Waals surface area contributed by atoms with Crippen LogP contribution >= 0.6 is 0 Å². The summed E-state index contributed by atoms with van der Waals surface area (Å²) in [4.78, 5) is 22.2. The van der Waals surface area contributed by atoms with Crippen LogP contribution in [0.2, 0.25) is 0 Å². The number of carboxylic acids is 1. The van der Waals surface area contributed by atoms with Crippen molar-refractivity contribution in [3.63, 3.8) is 0 Å². The minimum Gasteiger partial charge on any atom is -0.481 e. The number of carboxylic acid groups (broad SMARTS) is 1. The van der Waals surface area contributed by atoms with Gasteiger partial charge >= 0.3 is 12.0 Å². The van der Waals surface area contributed by atoms with Crippen LogP contribution in [0.1, 0.15) is 26.2 Å². The molecule has 0 aromatic heterocycles. The highest BCUT2D eigenvalue weighted by Gasteiger charge is 2.30. The van der Waals surface area contributed by atoms with Crippen LogP contribution in [0.5, 0.6) is 0 Å². The van der Waals surface area contributed by atoms with Crippen molar-refractivity contribution < 1.29 is 19.4 Å². The summed E-state index contributed by atoms with van der Waals surface area (Å²) in [6.07, 6.45) is 1.85. The predicted molar refractivity (Wildman–Crippen MR) is 61.8 cm³/mol. The average Bonchev–Trinajstić information content (AvgIpc) is 2.74. The smallest absolute Gasteiger partial charge is 0.315 e. The summed E-state index contributed by atoms with van der Waals surface area (Å²) in [5.74, 6) is -1.10. The second-order valence-electron chi connectivity index (χ2n) is 4.45. The normalized spacial score (nSPS) is 25.3. The maximum atomic E-state index is 11.5. The van der Waals surface area contributed by atoms with Gasteiger partial charge in [0.15, 0.2) is 0 Å². The van der Waals surface area contributed by atoms with Gasteiger partial charge in [-0.2, -0.15) is 0 Å². The zero-order chi connectivity index (χ0) is 12.8. The Hall–Kier alpha value is -1.30. The molecule has 1 rings (SSSR count). The van der Waals surface area contributed by atoms with E-state index in [1.165, 1.54) is 0 Å². The van der Waals surface area contributed by atoms with Gasteiger partial charge in [-0.25, -0.2) is 4.79 Å². The fraction of sp³-hybridized carbons (Fsp3) is 0.818. The van der Waals surface area contributed by atoms with Crippen LogP contribution in [-0.4, -0.2) is 42.9 Å². The summed E-state index contributed by atoms with van der Waals surface area (Å²) in [5, 5.41) is 14.3. The lowest BCUT2D eigenvalue weighted by Crippen LogP contribution is -2.43. The fourth-order valence-electron chi connectivity index (χ4n) is 1.89. The Morgan fingerprint density at radius 2 is 2.18 bits per heavy atom. The molecule has 1 fully saturated rings. The molecule has 0 aromatic carbocycles. The molecule has 3 N–H and O–H groups in total. The van der Waals surface area contributed by atoms with E-state index < -0.39 is 5.97 Å². The van der Waals surface area contributed by atoms with Crippen LogP contribution in [0.15, 0.2) is 0 Å². The minimum absolute atomic E-state index is 0.0314. The first kappa shape index (κ1) is 13.8. The number of carbonyl (C=O) groups is 2. The van der Waals surface area contributed by atoms with Crippen LogP contribution in [0, 0.1) is 5.92 Å². The molecular weight excluding hydrogens is 224 g/mol. The van der Waals surface area contributed by atoms with E-state index in [2.05, 4.69) is 10.6 Å². The van der Waals surface area contributed by atoms with Crippen molar-refractivity contribution in [2.24, 2.45) is 5.92 Å². The van der Waals surface area contributed by atoms with Gasteiger partial charge in [0.2, 0.25) is 0 Å². The largest absolute Gasteiger partial charge is 0.481 e. The van der Waals surface area contributed by atoms with Gasteiger partial charge in [-0.3, -0.25) is 4.79 Å². The van der Waals surface area contributed by atoms with Gasteiger partial charge in [-0.05, 0) is 26.2 Å². The lowest BCUT2D eigenvalue weighted by Gasteiger charge is -2.15. The van der Waals surface area contributed by atoms with E-state index in [9.17, 15) is 9.59 Å². The van der Waals surface area contributed by atoms with Crippen molar-refractivity contribution in [1.29, 1.82) is 0 Å². The Morgan fingerprint density at radius 3 is 2.71 bits per heavy atom. The summed E-state index contributed by atoms with van der Waals surface area (Å²) in [6.45, 7) is 2.30. The predicted octanol–water partition coefficient (Wildman–Crippen LogP) is 0.574. The number of urea groups is 1. The molecule has 3 atom stereocenters. The standard InChI is InChI=1S/C11H20N2O4/c1-7(17-2)6-12-11(16)13-9-4-3-8(5-9)10(14)15/h7-9H,3-6H2,1-2H3,(H,14,15)(H2,12,13,16). The zero-order valence-corrected chi connectivity index (χ0v) is 10.2. The molecule has 1 aliphatic rings. The fourth-order valence-corrected chi connectivity index (χ4v) is 1.89. The Balaban J connectivity index is 2.22. The lowest BCUT2D eigenvalue weighted by molar-refractivity contribution is -0.141. The summed E-state index contributed by atoms with van der Waals surface area (Å²) >= 11 is 0. The molecule has 98 valence electrons. The van der Waals surface area contributed by atoms with E-state index in [1.807, 2.05) is 6.92 Å². The Morgan fingerprint density at radius 1 is 1.47 bits per heavy atom. The van der Waals surface area contributed by atoms with Gasteiger partial charge in [-0.15, -0.1) is 0 Å². The van der Waals surface area contributed by atoms with E-state index in [0.29, 0.717) is 19.4 Å². The van der Waals surface area contributed by atoms with E-state index in [1.54, 1.807) is 7.11 Å². The molecule has 1 saturated carbocycles. The van der Waals surface area contributed by atoms with E-state index in [-0.39, 0.29) is 24.1 Å². The maximum Gasteiger partial charge on any atom is 0.315 e. The molecule has 3 unspecified atom stereocenters. The first-order valence-corrected chi connectivity index (χ1v) is 5.83. The monoisotopic (exact) mass is 244 g/mol.